The Labute approximate surface area is 126 Å². The van der Waals surface area contributed by atoms with E-state index in [1.165, 1.54) is 25.7 Å². The molecule has 2 fully saturated rings. The third-order valence-electron chi connectivity index (χ3n) is 4.70. The summed E-state index contributed by atoms with van der Waals surface area (Å²) in [5, 5.41) is 3.65. The molecule has 116 valence electrons. The van der Waals surface area contributed by atoms with Crippen molar-refractivity contribution in [2.24, 2.45) is 0 Å². The van der Waals surface area contributed by atoms with Gasteiger partial charge in [0.05, 0.1) is 14.2 Å². The average molecular weight is 291 g/mol. The fourth-order valence-corrected chi connectivity index (χ4v) is 3.70. The van der Waals surface area contributed by atoms with Crippen LogP contribution in [0.5, 0.6) is 11.5 Å². The van der Waals surface area contributed by atoms with E-state index in [2.05, 4.69) is 15.2 Å². The molecular formula is C16H25N3O2. The average Bonchev–Trinajstić information content (AvgIpc) is 3.17. The Balaban J connectivity index is 1.76. The lowest BCUT2D eigenvalue weighted by atomic mass is 10.0. The monoisotopic (exact) mass is 291 g/mol. The predicted molar refractivity (Wildman–Crippen MR) is 81.8 cm³/mol. The molecule has 0 amide bonds. The van der Waals surface area contributed by atoms with Gasteiger partial charge in [-0.3, -0.25) is 9.88 Å². The fourth-order valence-electron chi connectivity index (χ4n) is 3.70. The molecule has 0 saturated carbocycles. The van der Waals surface area contributed by atoms with E-state index in [4.69, 9.17) is 9.47 Å². The second kappa shape index (κ2) is 6.62. The normalized spacial score (nSPS) is 26.2. The number of aromatic nitrogens is 1. The third-order valence-corrected chi connectivity index (χ3v) is 4.70. The molecule has 2 unspecified atom stereocenters. The maximum Gasteiger partial charge on any atom is 0.183 e. The van der Waals surface area contributed by atoms with Crippen molar-refractivity contribution in [1.82, 2.24) is 15.2 Å². The van der Waals surface area contributed by atoms with Crippen LogP contribution in [-0.2, 0) is 6.54 Å². The van der Waals surface area contributed by atoms with Gasteiger partial charge in [0.2, 0.25) is 0 Å². The summed E-state index contributed by atoms with van der Waals surface area (Å²) in [6.45, 7) is 3.14. The van der Waals surface area contributed by atoms with Gasteiger partial charge in [0.1, 0.15) is 5.69 Å². The summed E-state index contributed by atoms with van der Waals surface area (Å²) < 4.78 is 10.9. The summed E-state index contributed by atoms with van der Waals surface area (Å²) in [6, 6.07) is 3.12. The van der Waals surface area contributed by atoms with Gasteiger partial charge in [0.15, 0.2) is 11.5 Å². The summed E-state index contributed by atoms with van der Waals surface area (Å²) in [5.41, 5.74) is 0.974. The van der Waals surface area contributed by atoms with Gasteiger partial charge in [-0.25, -0.2) is 0 Å². The highest BCUT2D eigenvalue weighted by atomic mass is 16.5. The number of hydrogen-bond donors (Lipinski definition) is 1. The van der Waals surface area contributed by atoms with E-state index in [9.17, 15) is 0 Å². The summed E-state index contributed by atoms with van der Waals surface area (Å²) in [4.78, 5) is 7.06. The zero-order chi connectivity index (χ0) is 14.7. The highest BCUT2D eigenvalue weighted by Gasteiger charge is 2.33. The number of ether oxygens (including phenoxy) is 2. The Morgan fingerprint density at radius 2 is 2.19 bits per heavy atom. The lowest BCUT2D eigenvalue weighted by molar-refractivity contribution is 0.201. The van der Waals surface area contributed by atoms with Crippen molar-refractivity contribution in [3.8, 4) is 11.5 Å². The molecule has 1 aromatic rings. The zero-order valence-corrected chi connectivity index (χ0v) is 13.0. The van der Waals surface area contributed by atoms with Crippen LogP contribution in [0.2, 0.25) is 0 Å². The van der Waals surface area contributed by atoms with E-state index in [0.717, 1.165) is 36.8 Å². The molecule has 1 aromatic heterocycles. The van der Waals surface area contributed by atoms with Crippen molar-refractivity contribution in [2.45, 2.75) is 44.3 Å². The Hall–Kier alpha value is -1.33. The van der Waals surface area contributed by atoms with Crippen molar-refractivity contribution in [3.63, 3.8) is 0 Å². The van der Waals surface area contributed by atoms with Gasteiger partial charge in [-0.05, 0) is 38.8 Å². The first-order valence-corrected chi connectivity index (χ1v) is 7.86. The molecule has 2 aliphatic heterocycles. The maximum absolute atomic E-state index is 5.51. The smallest absolute Gasteiger partial charge is 0.183 e. The Morgan fingerprint density at radius 3 is 2.90 bits per heavy atom. The summed E-state index contributed by atoms with van der Waals surface area (Å²) in [6.07, 6.45) is 6.95. The van der Waals surface area contributed by atoms with Crippen LogP contribution in [0.15, 0.2) is 12.3 Å². The molecule has 1 N–H and O–H groups in total. The Bertz CT molecular complexity index is 475. The molecular weight excluding hydrogens is 266 g/mol. The lowest BCUT2D eigenvalue weighted by Gasteiger charge is -2.29. The topological polar surface area (TPSA) is 46.6 Å². The van der Waals surface area contributed by atoms with Gasteiger partial charge >= 0.3 is 0 Å². The SMILES string of the molecule is COc1ccnc(CN2CCCC2C2CCCN2)c1OC. The molecule has 0 aliphatic carbocycles. The molecule has 2 saturated heterocycles. The first-order chi connectivity index (χ1) is 10.3. The van der Waals surface area contributed by atoms with Gasteiger partial charge in [-0.15, -0.1) is 0 Å². The zero-order valence-electron chi connectivity index (χ0n) is 13.0. The van der Waals surface area contributed by atoms with E-state index >= 15 is 0 Å². The number of rotatable bonds is 5. The molecule has 0 aromatic carbocycles. The maximum atomic E-state index is 5.51. The van der Waals surface area contributed by atoms with Gasteiger partial charge in [-0.2, -0.15) is 0 Å². The first-order valence-electron chi connectivity index (χ1n) is 7.86. The molecule has 5 nitrogen and oxygen atoms in total. The molecule has 0 spiro atoms. The van der Waals surface area contributed by atoms with Crippen molar-refractivity contribution in [2.75, 3.05) is 27.3 Å². The number of nitrogens with zero attached hydrogens (tertiary/aromatic N) is 2. The van der Waals surface area contributed by atoms with Crippen molar-refractivity contribution in [3.05, 3.63) is 18.0 Å². The van der Waals surface area contributed by atoms with Crippen LogP contribution in [-0.4, -0.2) is 49.3 Å². The second-order valence-electron chi connectivity index (χ2n) is 5.88. The minimum absolute atomic E-state index is 0.630. The van der Waals surface area contributed by atoms with Gasteiger partial charge in [-0.1, -0.05) is 0 Å². The molecule has 5 heteroatoms. The molecule has 0 bridgehead atoms. The fraction of sp³-hybridized carbons (Fsp3) is 0.688. The minimum Gasteiger partial charge on any atom is -0.493 e. The van der Waals surface area contributed by atoms with E-state index in [1.54, 1.807) is 20.4 Å². The summed E-state index contributed by atoms with van der Waals surface area (Å²) in [7, 11) is 3.35. The largest absolute Gasteiger partial charge is 0.493 e. The highest BCUT2D eigenvalue weighted by molar-refractivity contribution is 5.42. The number of nitrogens with one attached hydrogen (secondary N) is 1. The van der Waals surface area contributed by atoms with E-state index in [1.807, 2.05) is 6.07 Å². The minimum atomic E-state index is 0.630. The Morgan fingerprint density at radius 1 is 1.29 bits per heavy atom. The van der Waals surface area contributed by atoms with Crippen LogP contribution in [0.1, 0.15) is 31.4 Å². The third kappa shape index (κ3) is 2.99. The number of methoxy groups -OCH3 is 2. The highest BCUT2D eigenvalue weighted by Crippen LogP contribution is 2.32. The lowest BCUT2D eigenvalue weighted by Crippen LogP contribution is -2.43. The van der Waals surface area contributed by atoms with Crippen LogP contribution < -0.4 is 14.8 Å². The first kappa shape index (κ1) is 14.6. The van der Waals surface area contributed by atoms with Crippen LogP contribution in [0.4, 0.5) is 0 Å². The summed E-state index contributed by atoms with van der Waals surface area (Å²) in [5.74, 6) is 1.53. The van der Waals surface area contributed by atoms with Crippen LogP contribution >= 0.6 is 0 Å². The van der Waals surface area contributed by atoms with Crippen molar-refractivity contribution in [1.29, 1.82) is 0 Å². The number of hydrogen-bond acceptors (Lipinski definition) is 5. The van der Waals surface area contributed by atoms with Crippen molar-refractivity contribution >= 4 is 0 Å². The van der Waals surface area contributed by atoms with Gasteiger partial charge in [0, 0.05) is 30.9 Å². The van der Waals surface area contributed by atoms with Gasteiger partial charge < -0.3 is 14.8 Å². The molecule has 3 heterocycles. The summed E-state index contributed by atoms with van der Waals surface area (Å²) >= 11 is 0. The molecule has 21 heavy (non-hydrogen) atoms. The van der Waals surface area contributed by atoms with E-state index in [-0.39, 0.29) is 0 Å². The van der Waals surface area contributed by atoms with Gasteiger partial charge in [0.25, 0.3) is 0 Å². The molecule has 3 rings (SSSR count). The standard InChI is InChI=1S/C16H25N3O2/c1-20-15-7-9-18-13(16(15)21-2)11-19-10-4-6-14(19)12-5-3-8-17-12/h7,9,12,14,17H,3-6,8,10-11H2,1-2H3. The number of likely N-dealkylation sites (tertiary alicyclic amines) is 1. The van der Waals surface area contributed by atoms with Crippen LogP contribution in [0.3, 0.4) is 0 Å². The number of pyridine rings is 1. The Kier molecular flexibility index (Phi) is 4.60. The van der Waals surface area contributed by atoms with Crippen LogP contribution in [0.25, 0.3) is 0 Å². The van der Waals surface area contributed by atoms with E-state index in [0.29, 0.717) is 12.1 Å². The molecule has 0 radical (unpaired) electrons. The van der Waals surface area contributed by atoms with E-state index < -0.39 is 0 Å². The second-order valence-corrected chi connectivity index (χ2v) is 5.88. The quantitative estimate of drug-likeness (QED) is 0.896. The molecule has 2 atom stereocenters. The van der Waals surface area contributed by atoms with Crippen LogP contribution in [0, 0.1) is 0 Å². The van der Waals surface area contributed by atoms with Crippen molar-refractivity contribution < 1.29 is 9.47 Å². The predicted octanol–water partition coefficient (Wildman–Crippen LogP) is 1.82. The molecule has 2 aliphatic rings.